The lowest BCUT2D eigenvalue weighted by atomic mass is 9.73. The van der Waals surface area contributed by atoms with Crippen LogP contribution in [0.2, 0.25) is 0 Å². The van der Waals surface area contributed by atoms with Gasteiger partial charge in [0.2, 0.25) is 0 Å². The van der Waals surface area contributed by atoms with E-state index in [1.54, 1.807) is 0 Å². The number of hydrogen-bond donors (Lipinski definition) is 0. The number of ether oxygens (including phenoxy) is 1. The lowest BCUT2D eigenvalue weighted by Gasteiger charge is -2.51. The Hall–Kier alpha value is -2.65. The summed E-state index contributed by atoms with van der Waals surface area (Å²) in [6.07, 6.45) is 8.40. The lowest BCUT2D eigenvalue weighted by molar-refractivity contribution is -0.0553. The smallest absolute Gasteiger partial charge is 0.254 e. The van der Waals surface area contributed by atoms with Crippen molar-refractivity contribution in [3.8, 4) is 0 Å². The van der Waals surface area contributed by atoms with Gasteiger partial charge < -0.3 is 9.64 Å². The largest absolute Gasteiger partial charge is 0.373 e. The second kappa shape index (κ2) is 8.79. The number of piperidine rings is 1. The van der Waals surface area contributed by atoms with Crippen molar-refractivity contribution in [3.05, 3.63) is 96.6 Å². The Bertz CT molecular complexity index is 861. The number of rotatable bonds is 5. The quantitative estimate of drug-likeness (QED) is 0.656. The minimum atomic E-state index is 0.0587. The Morgan fingerprint density at radius 1 is 1.14 bits per heavy atom. The van der Waals surface area contributed by atoms with Crippen LogP contribution >= 0.6 is 0 Å². The summed E-state index contributed by atoms with van der Waals surface area (Å²) in [5.74, 6) is 0.627. The molecule has 0 aromatic heterocycles. The number of amides is 1. The zero-order valence-corrected chi connectivity index (χ0v) is 17.0. The van der Waals surface area contributed by atoms with Gasteiger partial charge in [0.1, 0.15) is 0 Å². The summed E-state index contributed by atoms with van der Waals surface area (Å²) in [6.45, 7) is 6.81. The summed E-state index contributed by atoms with van der Waals surface area (Å²) < 4.78 is 6.38. The molecule has 1 saturated heterocycles. The average molecular weight is 388 g/mol. The first kappa shape index (κ1) is 19.7. The van der Waals surface area contributed by atoms with Crippen molar-refractivity contribution in [1.29, 1.82) is 0 Å². The summed E-state index contributed by atoms with van der Waals surface area (Å²) in [4.78, 5) is 15.5. The van der Waals surface area contributed by atoms with Gasteiger partial charge in [0.15, 0.2) is 0 Å². The molecule has 4 rings (SSSR count). The predicted molar refractivity (Wildman–Crippen MR) is 116 cm³/mol. The number of hydrogen-bond acceptors (Lipinski definition) is 2. The summed E-state index contributed by atoms with van der Waals surface area (Å²) in [5.41, 5.74) is 1.92. The molecule has 2 aromatic rings. The summed E-state index contributed by atoms with van der Waals surface area (Å²) in [7, 11) is 0. The van der Waals surface area contributed by atoms with Gasteiger partial charge in [-0.25, -0.2) is 0 Å². The minimum absolute atomic E-state index is 0.0587. The Kier molecular flexibility index (Phi) is 5.96. The molecule has 3 nitrogen and oxygen atoms in total. The van der Waals surface area contributed by atoms with E-state index in [4.69, 9.17) is 4.74 Å². The van der Waals surface area contributed by atoms with Crippen LogP contribution < -0.4 is 0 Å². The van der Waals surface area contributed by atoms with E-state index in [-0.39, 0.29) is 35.9 Å². The Morgan fingerprint density at radius 2 is 1.83 bits per heavy atom. The third kappa shape index (κ3) is 4.06. The van der Waals surface area contributed by atoms with Crippen LogP contribution in [0, 0.1) is 11.8 Å². The number of nitrogens with zero attached hydrogens (tertiary/aromatic N) is 1. The molecule has 0 saturated carbocycles. The van der Waals surface area contributed by atoms with Gasteiger partial charge in [0, 0.05) is 17.5 Å². The first-order valence-corrected chi connectivity index (χ1v) is 10.5. The molecule has 1 aliphatic heterocycles. The lowest BCUT2D eigenvalue weighted by Crippen LogP contribution is -2.58. The van der Waals surface area contributed by atoms with Crippen LogP contribution in [0.3, 0.4) is 0 Å². The van der Waals surface area contributed by atoms with E-state index in [9.17, 15) is 4.79 Å². The van der Waals surface area contributed by atoms with Gasteiger partial charge in [-0.1, -0.05) is 66.8 Å². The maximum absolute atomic E-state index is 13.4. The van der Waals surface area contributed by atoms with E-state index < -0.39 is 0 Å². The zero-order chi connectivity index (χ0) is 20.2. The number of carbonyl (C=O) groups excluding carboxylic acids is 1. The Morgan fingerprint density at radius 3 is 2.52 bits per heavy atom. The van der Waals surface area contributed by atoms with E-state index in [0.29, 0.717) is 6.61 Å². The van der Waals surface area contributed by atoms with Crippen LogP contribution in [0.15, 0.2) is 85.5 Å². The van der Waals surface area contributed by atoms with Gasteiger partial charge in [-0.2, -0.15) is 0 Å². The van der Waals surface area contributed by atoms with Crippen molar-refractivity contribution in [2.45, 2.75) is 44.6 Å². The van der Waals surface area contributed by atoms with Crippen molar-refractivity contribution in [2.24, 2.45) is 11.8 Å². The highest BCUT2D eigenvalue weighted by Gasteiger charge is 2.45. The van der Waals surface area contributed by atoms with Crippen LogP contribution in [0.4, 0.5) is 0 Å². The molecule has 0 spiro atoms. The highest BCUT2D eigenvalue weighted by atomic mass is 16.5. The third-order valence-corrected chi connectivity index (χ3v) is 6.41. The number of likely N-dealkylation sites (tertiary alicyclic amines) is 1. The van der Waals surface area contributed by atoms with Crippen molar-refractivity contribution >= 4 is 5.91 Å². The fraction of sp³-hybridized carbons (Fsp3) is 0.346. The van der Waals surface area contributed by atoms with Crippen LogP contribution in [0.25, 0.3) is 0 Å². The van der Waals surface area contributed by atoms with Gasteiger partial charge in [0.05, 0.1) is 18.8 Å². The molecule has 0 N–H and O–H groups in total. The zero-order valence-electron chi connectivity index (χ0n) is 17.0. The topological polar surface area (TPSA) is 29.5 Å². The van der Waals surface area contributed by atoms with Crippen LogP contribution in [-0.4, -0.2) is 29.0 Å². The molecule has 1 heterocycles. The van der Waals surface area contributed by atoms with Crippen LogP contribution in [0.1, 0.15) is 35.7 Å². The predicted octanol–water partition coefficient (Wildman–Crippen LogP) is 5.25. The molecule has 2 aromatic carbocycles. The molecule has 0 radical (unpaired) electrons. The van der Waals surface area contributed by atoms with Crippen molar-refractivity contribution in [3.63, 3.8) is 0 Å². The highest BCUT2D eigenvalue weighted by Crippen LogP contribution is 2.40. The fourth-order valence-electron chi connectivity index (χ4n) is 4.78. The third-order valence-electron chi connectivity index (χ3n) is 6.41. The number of fused-ring (bicyclic) bond motifs is 1. The van der Waals surface area contributed by atoms with E-state index >= 15 is 0 Å². The van der Waals surface area contributed by atoms with E-state index in [1.807, 2.05) is 54.6 Å². The first-order valence-electron chi connectivity index (χ1n) is 10.5. The maximum Gasteiger partial charge on any atom is 0.254 e. The van der Waals surface area contributed by atoms with Gasteiger partial charge >= 0.3 is 0 Å². The van der Waals surface area contributed by atoms with Crippen molar-refractivity contribution < 1.29 is 9.53 Å². The van der Waals surface area contributed by atoms with Gasteiger partial charge in [-0.05, 0) is 43.4 Å². The highest BCUT2D eigenvalue weighted by molar-refractivity contribution is 5.95. The number of benzene rings is 2. The molecular formula is C26H29NO2. The van der Waals surface area contributed by atoms with Crippen molar-refractivity contribution in [2.75, 3.05) is 0 Å². The SMILES string of the molecule is C=C[C@@H]1C[C@@H]2[C@@H](OCc3ccccc3)CC=C[C@@H]2N(C(=O)c2ccccc2)[C@@H]1C. The Labute approximate surface area is 173 Å². The molecule has 1 fully saturated rings. The molecule has 0 unspecified atom stereocenters. The molecule has 0 bridgehead atoms. The summed E-state index contributed by atoms with van der Waals surface area (Å²) in [6, 6.07) is 20.1. The van der Waals surface area contributed by atoms with E-state index in [1.165, 1.54) is 5.56 Å². The standard InChI is InChI=1S/C26H29NO2/c1-3-21-17-23-24(27(19(21)2)26(28)22-13-8-5-9-14-22)15-10-16-25(23)29-18-20-11-6-4-7-12-20/h3-15,19,21,23-25H,1,16-18H2,2H3/t19-,21-,23+,24+,25+/m1/s1. The second-order valence-electron chi connectivity index (χ2n) is 8.11. The molecular weight excluding hydrogens is 358 g/mol. The second-order valence-corrected chi connectivity index (χ2v) is 8.11. The van der Waals surface area contributed by atoms with Gasteiger partial charge in [0.25, 0.3) is 5.91 Å². The van der Waals surface area contributed by atoms with E-state index in [2.05, 4.69) is 42.7 Å². The van der Waals surface area contributed by atoms with Gasteiger partial charge in [-0.3, -0.25) is 4.79 Å². The normalized spacial score (nSPS) is 28.6. The molecule has 3 heteroatoms. The average Bonchev–Trinajstić information content (AvgIpc) is 2.78. The van der Waals surface area contributed by atoms with Crippen LogP contribution in [-0.2, 0) is 11.3 Å². The Balaban J connectivity index is 1.58. The maximum atomic E-state index is 13.4. The molecule has 1 amide bonds. The monoisotopic (exact) mass is 387 g/mol. The summed E-state index contributed by atoms with van der Waals surface area (Å²) >= 11 is 0. The molecule has 150 valence electrons. The molecule has 1 aliphatic carbocycles. The fourth-order valence-corrected chi connectivity index (χ4v) is 4.78. The minimum Gasteiger partial charge on any atom is -0.373 e. The van der Waals surface area contributed by atoms with Crippen molar-refractivity contribution in [1.82, 2.24) is 4.90 Å². The summed E-state index contributed by atoms with van der Waals surface area (Å²) in [5, 5.41) is 0. The van der Waals surface area contributed by atoms with E-state index in [0.717, 1.165) is 18.4 Å². The van der Waals surface area contributed by atoms with Crippen LogP contribution in [0.5, 0.6) is 0 Å². The van der Waals surface area contributed by atoms with Gasteiger partial charge in [-0.15, -0.1) is 6.58 Å². The first-order chi connectivity index (χ1) is 14.2. The molecule has 2 aliphatic rings. The number of carbonyl (C=O) groups is 1. The molecule has 29 heavy (non-hydrogen) atoms. The molecule has 5 atom stereocenters.